The number of anilines is 1. The first-order valence-electron chi connectivity index (χ1n) is 10.3. The maximum atomic E-state index is 12.9. The number of carbonyl (C=O) groups excluding carboxylic acids is 3. The van der Waals surface area contributed by atoms with Gasteiger partial charge in [-0.05, 0) is 13.0 Å². The number of nitrogens with two attached hydrogens (primary N) is 1. The molecule has 12 heteroatoms. The Morgan fingerprint density at radius 1 is 0.971 bits per heavy atom. The number of carboxylic acid groups (broad SMARTS) is 1. The molecule has 9 nitrogen and oxygen atoms in total. The Hall–Kier alpha value is -3.77. The fourth-order valence-electron chi connectivity index (χ4n) is 2.98. The summed E-state index contributed by atoms with van der Waals surface area (Å²) in [5, 5.41) is 10.3. The fourth-order valence-corrected chi connectivity index (χ4v) is 2.98. The van der Waals surface area contributed by atoms with E-state index >= 15 is 0 Å². The summed E-state index contributed by atoms with van der Waals surface area (Å²) in [7, 11) is 0. The molecule has 2 aromatic rings. The zero-order chi connectivity index (χ0) is 26.2. The average molecular weight is 496 g/mol. The molecule has 1 aliphatic carbocycles. The van der Waals surface area contributed by atoms with Crippen LogP contribution in [0.5, 0.6) is 0 Å². The molecule has 4 N–H and O–H groups in total. The lowest BCUT2D eigenvalue weighted by Gasteiger charge is -2.20. The van der Waals surface area contributed by atoms with Crippen molar-refractivity contribution in [3.8, 4) is 0 Å². The van der Waals surface area contributed by atoms with E-state index in [9.17, 15) is 27.6 Å². The average Bonchev–Trinajstić information content (AvgIpc) is 2.81. The van der Waals surface area contributed by atoms with Gasteiger partial charge in [-0.15, -0.1) is 0 Å². The van der Waals surface area contributed by atoms with Gasteiger partial charge in [0.05, 0.1) is 18.8 Å². The number of fused-ring (bicyclic) bond motifs is 2. The molecule has 1 atom stereocenters. The molecule has 0 spiro atoms. The van der Waals surface area contributed by atoms with Gasteiger partial charge in [-0.25, -0.2) is 4.79 Å². The van der Waals surface area contributed by atoms with Crippen LogP contribution in [0.3, 0.4) is 0 Å². The molecule has 0 heterocycles. The Labute approximate surface area is 198 Å². The first-order valence-corrected chi connectivity index (χ1v) is 10.3. The van der Waals surface area contributed by atoms with Crippen LogP contribution in [0.1, 0.15) is 38.8 Å². The Kier molecular flexibility index (Phi) is 9.49. The number of aliphatic carboxylic acids is 1. The van der Waals surface area contributed by atoms with Crippen molar-refractivity contribution < 1.29 is 46.9 Å². The van der Waals surface area contributed by atoms with Crippen molar-refractivity contribution >= 4 is 29.2 Å². The number of carboxylic acids is 1. The molecular weight excluding hydrogens is 473 g/mol. The van der Waals surface area contributed by atoms with Gasteiger partial charge in [-0.1, -0.05) is 36.4 Å². The van der Waals surface area contributed by atoms with Gasteiger partial charge >= 0.3 is 18.1 Å². The Bertz CT molecular complexity index is 1100. The molecule has 0 aliphatic heterocycles. The van der Waals surface area contributed by atoms with Gasteiger partial charge in [0, 0.05) is 28.9 Å². The quantitative estimate of drug-likeness (QED) is 0.316. The molecular formula is C23H23F3N2O7. The number of alkyl halides is 3. The molecule has 0 bridgehead atoms. The molecule has 1 aliphatic rings. The number of halogens is 3. The van der Waals surface area contributed by atoms with Crippen molar-refractivity contribution in [3.63, 3.8) is 0 Å². The lowest BCUT2D eigenvalue weighted by Crippen LogP contribution is -2.29. The van der Waals surface area contributed by atoms with E-state index in [1.165, 1.54) is 0 Å². The summed E-state index contributed by atoms with van der Waals surface area (Å²) < 4.78 is 42.0. The number of ketones is 2. The second kappa shape index (κ2) is 12.1. The highest BCUT2D eigenvalue weighted by molar-refractivity contribution is 6.30. The summed E-state index contributed by atoms with van der Waals surface area (Å²) in [6, 6.07) is 11.4. The van der Waals surface area contributed by atoms with Crippen LogP contribution in [-0.4, -0.2) is 67.2 Å². The molecule has 2 aromatic carbocycles. The smallest absolute Gasteiger partial charge is 0.475 e. The van der Waals surface area contributed by atoms with Gasteiger partial charge in [0.2, 0.25) is 0 Å². The third kappa shape index (κ3) is 7.36. The van der Waals surface area contributed by atoms with E-state index in [4.69, 9.17) is 25.1 Å². The second-order valence-electron chi connectivity index (χ2n) is 7.23. The van der Waals surface area contributed by atoms with Crippen molar-refractivity contribution in [2.24, 2.45) is 5.73 Å². The summed E-state index contributed by atoms with van der Waals surface area (Å²) in [5.74, 6) is -3.55. The zero-order valence-electron chi connectivity index (χ0n) is 18.6. The molecule has 0 aromatic heterocycles. The summed E-state index contributed by atoms with van der Waals surface area (Å²) in [6.07, 6.45) is -5.08. The molecule has 0 saturated carbocycles. The maximum absolute atomic E-state index is 12.9. The van der Waals surface area contributed by atoms with Gasteiger partial charge in [0.1, 0.15) is 12.6 Å². The monoisotopic (exact) mass is 496 g/mol. The second-order valence-corrected chi connectivity index (χ2v) is 7.23. The molecule has 0 unspecified atom stereocenters. The van der Waals surface area contributed by atoms with Gasteiger partial charge in [-0.3, -0.25) is 14.4 Å². The first-order chi connectivity index (χ1) is 16.4. The SMILES string of the molecule is C[C@H](N)C(=O)OCCOCCNc1cccc2c1C(=O)c1ccccc1C2=O.O=C(O)C(F)(F)F. The van der Waals surface area contributed by atoms with Gasteiger partial charge < -0.3 is 25.6 Å². The minimum atomic E-state index is -5.08. The number of hydrogen-bond acceptors (Lipinski definition) is 8. The minimum absolute atomic E-state index is 0.130. The van der Waals surface area contributed by atoms with E-state index in [1.54, 1.807) is 49.4 Å². The number of carbonyl (C=O) groups is 4. The molecule has 0 radical (unpaired) electrons. The lowest BCUT2D eigenvalue weighted by atomic mass is 9.83. The van der Waals surface area contributed by atoms with E-state index in [0.717, 1.165) is 0 Å². The van der Waals surface area contributed by atoms with Crippen molar-refractivity contribution in [1.29, 1.82) is 0 Å². The normalized spacial score (nSPS) is 13.1. The first kappa shape index (κ1) is 27.5. The van der Waals surface area contributed by atoms with Gasteiger partial charge in [-0.2, -0.15) is 13.2 Å². The van der Waals surface area contributed by atoms with Crippen LogP contribution >= 0.6 is 0 Å². The highest BCUT2D eigenvalue weighted by Gasteiger charge is 2.38. The van der Waals surface area contributed by atoms with E-state index < -0.39 is 24.2 Å². The largest absolute Gasteiger partial charge is 0.490 e. The number of nitrogens with one attached hydrogen (secondary N) is 1. The summed E-state index contributed by atoms with van der Waals surface area (Å²) in [6.45, 7) is 2.71. The highest BCUT2D eigenvalue weighted by Crippen LogP contribution is 2.31. The Morgan fingerprint density at radius 3 is 2.11 bits per heavy atom. The van der Waals surface area contributed by atoms with Crippen LogP contribution in [0.2, 0.25) is 0 Å². The van der Waals surface area contributed by atoms with E-state index in [1.807, 2.05) is 0 Å². The Balaban J connectivity index is 0.000000540. The van der Waals surface area contributed by atoms with E-state index in [0.29, 0.717) is 41.1 Å². The maximum Gasteiger partial charge on any atom is 0.490 e. The van der Waals surface area contributed by atoms with Crippen molar-refractivity contribution in [2.45, 2.75) is 19.1 Å². The minimum Gasteiger partial charge on any atom is -0.475 e. The fraction of sp³-hybridized carbons (Fsp3) is 0.304. The summed E-state index contributed by atoms with van der Waals surface area (Å²) in [4.78, 5) is 45.7. The van der Waals surface area contributed by atoms with E-state index in [2.05, 4.69) is 5.32 Å². The van der Waals surface area contributed by atoms with E-state index in [-0.39, 0.29) is 24.8 Å². The van der Waals surface area contributed by atoms with Gasteiger partial charge in [0.15, 0.2) is 11.6 Å². The predicted molar refractivity (Wildman–Crippen MR) is 117 cm³/mol. The van der Waals surface area contributed by atoms with Crippen molar-refractivity contribution in [1.82, 2.24) is 0 Å². The summed E-state index contributed by atoms with van der Waals surface area (Å²) >= 11 is 0. The van der Waals surface area contributed by atoms with Crippen LogP contribution in [0.4, 0.5) is 18.9 Å². The van der Waals surface area contributed by atoms with Crippen molar-refractivity contribution in [2.75, 3.05) is 31.7 Å². The Morgan fingerprint density at radius 2 is 1.54 bits per heavy atom. The number of benzene rings is 2. The van der Waals surface area contributed by atoms with Crippen LogP contribution < -0.4 is 11.1 Å². The lowest BCUT2D eigenvalue weighted by molar-refractivity contribution is -0.192. The van der Waals surface area contributed by atoms with Gasteiger partial charge in [0.25, 0.3) is 0 Å². The summed E-state index contributed by atoms with van der Waals surface area (Å²) in [5.41, 5.74) is 7.62. The van der Waals surface area contributed by atoms with Crippen LogP contribution in [0, 0.1) is 0 Å². The molecule has 3 rings (SSSR count). The predicted octanol–water partition coefficient (Wildman–Crippen LogP) is 2.41. The molecule has 0 saturated heterocycles. The zero-order valence-corrected chi connectivity index (χ0v) is 18.6. The van der Waals surface area contributed by atoms with Crippen molar-refractivity contribution in [3.05, 3.63) is 64.7 Å². The highest BCUT2D eigenvalue weighted by atomic mass is 19.4. The topological polar surface area (TPSA) is 145 Å². The standard InChI is InChI=1S/C21H22N2O5.C2HF3O2/c1-13(22)21(26)28-12-11-27-10-9-23-17-8-4-7-16-18(17)20(25)15-6-3-2-5-14(15)19(16)24;3-2(4,5)1(6)7/h2-8,13,23H,9-12,22H2,1H3;(H,6,7)/t13-;/m0./s1. The number of ether oxygens (including phenoxy) is 2. The molecule has 188 valence electrons. The molecule has 0 amide bonds. The van der Waals surface area contributed by atoms with Crippen LogP contribution in [-0.2, 0) is 19.1 Å². The molecule has 35 heavy (non-hydrogen) atoms. The number of rotatable bonds is 8. The number of hydrogen-bond donors (Lipinski definition) is 3. The van der Waals surface area contributed by atoms with Crippen LogP contribution in [0.15, 0.2) is 42.5 Å². The van der Waals surface area contributed by atoms with Crippen LogP contribution in [0.25, 0.3) is 0 Å². The number of esters is 1. The third-order valence-corrected chi connectivity index (χ3v) is 4.60. The molecule has 0 fully saturated rings. The third-order valence-electron chi connectivity index (χ3n) is 4.60.